The molecule has 0 bridgehead atoms. The van der Waals surface area contributed by atoms with Gasteiger partial charge in [-0.05, 0) is 49.5 Å². The number of aromatic amines is 1. The van der Waals surface area contributed by atoms with E-state index in [2.05, 4.69) is 22.0 Å². The highest BCUT2D eigenvalue weighted by Crippen LogP contribution is 2.28. The normalized spacial score (nSPS) is 15.8. The molecule has 1 aromatic heterocycles. The van der Waals surface area contributed by atoms with Crippen molar-refractivity contribution in [1.29, 1.82) is 5.26 Å². The summed E-state index contributed by atoms with van der Waals surface area (Å²) < 4.78 is 4.99. The van der Waals surface area contributed by atoms with Crippen LogP contribution in [0.15, 0.2) is 41.3 Å². The molecule has 0 unspecified atom stereocenters. The van der Waals surface area contributed by atoms with Crippen molar-refractivity contribution in [3.05, 3.63) is 63.6 Å². The molecule has 24 heavy (non-hydrogen) atoms. The van der Waals surface area contributed by atoms with Crippen LogP contribution in [-0.4, -0.2) is 30.1 Å². The van der Waals surface area contributed by atoms with Crippen molar-refractivity contribution in [1.82, 2.24) is 9.88 Å². The molecule has 1 aliphatic heterocycles. The minimum atomic E-state index is -0.0885. The lowest BCUT2D eigenvalue weighted by Gasteiger charge is -2.32. The maximum atomic E-state index is 11.8. The molecule has 1 aliphatic rings. The number of benzene rings is 1. The number of ether oxygens (including phenoxy) is 1. The average molecular weight is 323 g/mol. The fourth-order valence-electron chi connectivity index (χ4n) is 3.28. The zero-order valence-corrected chi connectivity index (χ0v) is 13.8. The number of pyridine rings is 1. The van der Waals surface area contributed by atoms with Crippen LogP contribution in [0.5, 0.6) is 5.75 Å². The van der Waals surface area contributed by atoms with Crippen LogP contribution in [0.2, 0.25) is 0 Å². The standard InChI is InChI=1S/C19H21N3O2/c1-24-19-12-21-17(10-18(19)23)13-22-7-5-15(6-8-22)16-4-2-3-14(9-16)11-20/h2-4,9-10,12,15H,5-8,13H2,1H3,(H,21,23). The molecule has 1 fully saturated rings. The highest BCUT2D eigenvalue weighted by Gasteiger charge is 2.21. The fraction of sp³-hybridized carbons (Fsp3) is 0.368. The maximum absolute atomic E-state index is 11.8. The third-order valence-corrected chi connectivity index (χ3v) is 4.63. The summed E-state index contributed by atoms with van der Waals surface area (Å²) in [4.78, 5) is 17.3. The monoisotopic (exact) mass is 323 g/mol. The number of nitriles is 1. The van der Waals surface area contributed by atoms with Crippen molar-refractivity contribution >= 4 is 0 Å². The summed E-state index contributed by atoms with van der Waals surface area (Å²) in [6, 6.07) is 11.7. The molecule has 5 heteroatoms. The molecule has 0 aliphatic carbocycles. The molecule has 1 aromatic carbocycles. The Labute approximate surface area is 141 Å². The summed E-state index contributed by atoms with van der Waals surface area (Å²) in [6.07, 6.45) is 3.75. The molecule has 2 aromatic rings. The molecule has 1 saturated heterocycles. The largest absolute Gasteiger partial charge is 0.491 e. The molecule has 0 saturated carbocycles. The number of hydrogen-bond donors (Lipinski definition) is 1. The van der Waals surface area contributed by atoms with Gasteiger partial charge in [0.05, 0.1) is 18.7 Å². The molecule has 0 atom stereocenters. The average Bonchev–Trinajstić information content (AvgIpc) is 2.62. The van der Waals surface area contributed by atoms with Gasteiger partial charge in [-0.3, -0.25) is 9.69 Å². The number of aromatic nitrogens is 1. The van der Waals surface area contributed by atoms with Gasteiger partial charge in [-0.1, -0.05) is 12.1 Å². The van der Waals surface area contributed by atoms with Crippen LogP contribution in [0, 0.1) is 11.3 Å². The molecule has 1 N–H and O–H groups in total. The number of rotatable bonds is 4. The van der Waals surface area contributed by atoms with Gasteiger partial charge in [0.15, 0.2) is 5.75 Å². The van der Waals surface area contributed by atoms with E-state index in [0.29, 0.717) is 11.7 Å². The number of hydrogen-bond acceptors (Lipinski definition) is 4. The van der Waals surface area contributed by atoms with E-state index in [9.17, 15) is 4.79 Å². The number of piperidine rings is 1. The summed E-state index contributed by atoms with van der Waals surface area (Å²) in [5.74, 6) is 0.847. The van der Waals surface area contributed by atoms with Crippen LogP contribution in [-0.2, 0) is 6.54 Å². The number of likely N-dealkylation sites (tertiary alicyclic amines) is 1. The van der Waals surface area contributed by atoms with Crippen LogP contribution in [0.1, 0.15) is 35.6 Å². The molecule has 0 amide bonds. The Balaban J connectivity index is 1.60. The molecule has 0 radical (unpaired) electrons. The van der Waals surface area contributed by atoms with Crippen LogP contribution in [0.4, 0.5) is 0 Å². The van der Waals surface area contributed by atoms with Gasteiger partial charge >= 0.3 is 0 Å². The fourth-order valence-corrected chi connectivity index (χ4v) is 3.28. The Morgan fingerprint density at radius 3 is 2.79 bits per heavy atom. The Morgan fingerprint density at radius 2 is 2.12 bits per heavy atom. The number of methoxy groups -OCH3 is 1. The Kier molecular flexibility index (Phi) is 4.97. The second-order valence-corrected chi connectivity index (χ2v) is 6.18. The summed E-state index contributed by atoms with van der Waals surface area (Å²) in [6.45, 7) is 2.70. The zero-order valence-electron chi connectivity index (χ0n) is 13.8. The van der Waals surface area contributed by atoms with Crippen molar-refractivity contribution in [3.63, 3.8) is 0 Å². The molecule has 2 heterocycles. The second-order valence-electron chi connectivity index (χ2n) is 6.18. The van der Waals surface area contributed by atoms with E-state index in [-0.39, 0.29) is 5.43 Å². The van der Waals surface area contributed by atoms with Crippen molar-refractivity contribution in [3.8, 4) is 11.8 Å². The van der Waals surface area contributed by atoms with Gasteiger partial charge in [-0.25, -0.2) is 0 Å². The number of nitrogens with zero attached hydrogens (tertiary/aromatic N) is 2. The van der Waals surface area contributed by atoms with Crippen molar-refractivity contribution in [2.45, 2.75) is 25.3 Å². The maximum Gasteiger partial charge on any atom is 0.223 e. The molecule has 5 nitrogen and oxygen atoms in total. The highest BCUT2D eigenvalue weighted by molar-refractivity contribution is 5.34. The third-order valence-electron chi connectivity index (χ3n) is 4.63. The van der Waals surface area contributed by atoms with E-state index in [1.165, 1.54) is 12.7 Å². The van der Waals surface area contributed by atoms with E-state index >= 15 is 0 Å². The predicted molar refractivity (Wildman–Crippen MR) is 92.0 cm³/mol. The van der Waals surface area contributed by atoms with Gasteiger partial charge in [0, 0.05) is 24.5 Å². The first-order valence-electron chi connectivity index (χ1n) is 8.17. The third kappa shape index (κ3) is 3.66. The smallest absolute Gasteiger partial charge is 0.223 e. The summed E-state index contributed by atoms with van der Waals surface area (Å²) in [5, 5.41) is 9.03. The number of nitrogens with one attached hydrogen (secondary N) is 1. The van der Waals surface area contributed by atoms with Crippen LogP contribution in [0.3, 0.4) is 0 Å². The topological polar surface area (TPSA) is 69.1 Å². The molecule has 3 rings (SSSR count). The van der Waals surface area contributed by atoms with Gasteiger partial charge in [-0.2, -0.15) is 5.26 Å². The lowest BCUT2D eigenvalue weighted by Crippen LogP contribution is -2.33. The molecular weight excluding hydrogens is 302 g/mol. The quantitative estimate of drug-likeness (QED) is 0.939. The van der Waals surface area contributed by atoms with Gasteiger partial charge in [0.25, 0.3) is 0 Å². The Morgan fingerprint density at radius 1 is 1.33 bits per heavy atom. The van der Waals surface area contributed by atoms with E-state index in [1.807, 2.05) is 18.2 Å². The molecular formula is C19H21N3O2. The van der Waals surface area contributed by atoms with Crippen molar-refractivity contribution in [2.75, 3.05) is 20.2 Å². The van der Waals surface area contributed by atoms with Crippen LogP contribution >= 0.6 is 0 Å². The molecule has 0 spiro atoms. The predicted octanol–water partition coefficient (Wildman–Crippen LogP) is 2.63. The second kappa shape index (κ2) is 7.33. The first kappa shape index (κ1) is 16.3. The van der Waals surface area contributed by atoms with Gasteiger partial charge in [0.2, 0.25) is 5.43 Å². The van der Waals surface area contributed by atoms with Crippen molar-refractivity contribution < 1.29 is 4.74 Å². The number of H-pyrrole nitrogens is 1. The first-order chi connectivity index (χ1) is 11.7. The Hall–Kier alpha value is -2.58. The Bertz CT molecular complexity index is 799. The van der Waals surface area contributed by atoms with Crippen LogP contribution in [0.25, 0.3) is 0 Å². The molecule has 124 valence electrons. The SMILES string of the molecule is COc1c[nH]c(CN2CCC(c3cccc(C#N)c3)CC2)cc1=O. The summed E-state index contributed by atoms with van der Waals surface area (Å²) in [7, 11) is 1.50. The van der Waals surface area contributed by atoms with Gasteiger partial charge in [0.1, 0.15) is 0 Å². The minimum absolute atomic E-state index is 0.0885. The van der Waals surface area contributed by atoms with E-state index in [4.69, 9.17) is 10.00 Å². The summed E-state index contributed by atoms with van der Waals surface area (Å²) in [5.41, 5.74) is 2.80. The van der Waals surface area contributed by atoms with E-state index in [1.54, 1.807) is 12.3 Å². The zero-order chi connectivity index (χ0) is 16.9. The first-order valence-corrected chi connectivity index (χ1v) is 8.17. The summed E-state index contributed by atoms with van der Waals surface area (Å²) >= 11 is 0. The van der Waals surface area contributed by atoms with E-state index in [0.717, 1.165) is 43.7 Å². The van der Waals surface area contributed by atoms with Crippen molar-refractivity contribution in [2.24, 2.45) is 0 Å². The van der Waals surface area contributed by atoms with Crippen LogP contribution < -0.4 is 10.2 Å². The van der Waals surface area contributed by atoms with Gasteiger partial charge < -0.3 is 9.72 Å². The minimum Gasteiger partial charge on any atom is -0.491 e. The van der Waals surface area contributed by atoms with E-state index < -0.39 is 0 Å². The lowest BCUT2D eigenvalue weighted by atomic mass is 9.88. The highest BCUT2D eigenvalue weighted by atomic mass is 16.5. The van der Waals surface area contributed by atoms with Gasteiger partial charge in [-0.15, -0.1) is 0 Å². The lowest BCUT2D eigenvalue weighted by molar-refractivity contribution is 0.202.